The van der Waals surface area contributed by atoms with E-state index in [0.717, 1.165) is 64.2 Å². The zero-order valence-electron chi connectivity index (χ0n) is 44.9. The van der Waals surface area contributed by atoms with Crippen LogP contribution < -0.4 is 0 Å². The molecule has 0 spiro atoms. The number of hydrogen-bond acceptors (Lipinski definition) is 6. The zero-order chi connectivity index (χ0) is 48.6. The van der Waals surface area contributed by atoms with Crippen LogP contribution >= 0.6 is 0 Å². The van der Waals surface area contributed by atoms with Crippen molar-refractivity contribution in [1.29, 1.82) is 0 Å². The van der Waals surface area contributed by atoms with E-state index in [-0.39, 0.29) is 31.1 Å². The third-order valence-electron chi connectivity index (χ3n) is 13.1. The number of esters is 3. The summed E-state index contributed by atoms with van der Waals surface area (Å²) in [6.45, 7) is 6.65. The van der Waals surface area contributed by atoms with Crippen LogP contribution in [0.15, 0.2) is 36.5 Å². The molecule has 0 aliphatic rings. The molecule has 0 amide bonds. The van der Waals surface area contributed by atoms with Gasteiger partial charge < -0.3 is 14.2 Å². The van der Waals surface area contributed by atoms with E-state index in [1.54, 1.807) is 0 Å². The monoisotopic (exact) mass is 941 g/mol. The number of carbonyl (C=O) groups is 3. The maximum Gasteiger partial charge on any atom is 0.306 e. The van der Waals surface area contributed by atoms with E-state index in [1.807, 2.05) is 0 Å². The fraction of sp³-hybridized carbons (Fsp3) is 0.852. The highest BCUT2D eigenvalue weighted by atomic mass is 16.6. The van der Waals surface area contributed by atoms with Gasteiger partial charge in [0.05, 0.1) is 0 Å². The normalized spacial score (nSPS) is 12.2. The number of ether oxygens (including phenoxy) is 3. The highest BCUT2D eigenvalue weighted by molar-refractivity contribution is 5.71. The average molecular weight is 942 g/mol. The molecule has 67 heavy (non-hydrogen) atoms. The lowest BCUT2D eigenvalue weighted by atomic mass is 10.1. The molecule has 0 rings (SSSR count). The van der Waals surface area contributed by atoms with Crippen LogP contribution in [0.1, 0.15) is 316 Å². The van der Waals surface area contributed by atoms with Gasteiger partial charge >= 0.3 is 17.9 Å². The molecular formula is C61H112O6. The molecular weight excluding hydrogens is 829 g/mol. The van der Waals surface area contributed by atoms with Gasteiger partial charge in [-0.25, -0.2) is 0 Å². The van der Waals surface area contributed by atoms with Crippen molar-refractivity contribution in [3.05, 3.63) is 36.5 Å². The summed E-state index contributed by atoms with van der Waals surface area (Å²) in [5.74, 6) is -0.866. The maximum atomic E-state index is 12.8. The standard InChI is InChI=1S/C61H112O6/c1-4-7-10-13-16-19-22-24-26-28-30-31-32-34-35-37-39-42-45-48-51-54-60(63)66-57-58(56-65-59(62)53-50-47-44-41-21-18-15-12-9-6-3)67-61(64)55-52-49-46-43-40-38-36-33-29-27-25-23-20-17-14-11-8-5-2/h22,24,27-30,58H,4-21,23,25-26,31-57H2,1-3H3/b24-22-,29-27-,30-28-. The van der Waals surface area contributed by atoms with Crippen LogP contribution in [0.25, 0.3) is 0 Å². The Bertz CT molecular complexity index is 1130. The summed E-state index contributed by atoms with van der Waals surface area (Å²) in [6, 6.07) is 0. The van der Waals surface area contributed by atoms with Crippen LogP contribution in [-0.4, -0.2) is 37.2 Å². The number of hydrogen-bond donors (Lipinski definition) is 0. The summed E-state index contributed by atoms with van der Waals surface area (Å²) in [6.07, 6.45) is 67.1. The first-order valence-electron chi connectivity index (χ1n) is 29.5. The van der Waals surface area contributed by atoms with Crippen LogP contribution in [0.5, 0.6) is 0 Å². The minimum Gasteiger partial charge on any atom is -0.462 e. The third kappa shape index (κ3) is 54.4. The van der Waals surface area contributed by atoms with Crippen LogP contribution in [0.4, 0.5) is 0 Å². The van der Waals surface area contributed by atoms with Gasteiger partial charge in [0.15, 0.2) is 6.10 Å². The zero-order valence-corrected chi connectivity index (χ0v) is 44.9. The minimum absolute atomic E-state index is 0.0718. The van der Waals surface area contributed by atoms with E-state index >= 15 is 0 Å². The van der Waals surface area contributed by atoms with E-state index < -0.39 is 6.10 Å². The Morgan fingerprint density at radius 1 is 0.299 bits per heavy atom. The first-order chi connectivity index (χ1) is 33.0. The Morgan fingerprint density at radius 3 is 0.836 bits per heavy atom. The van der Waals surface area contributed by atoms with Crippen molar-refractivity contribution in [3.8, 4) is 0 Å². The second kappa shape index (κ2) is 56.2. The molecule has 0 aromatic heterocycles. The molecule has 1 unspecified atom stereocenters. The summed E-state index contributed by atoms with van der Waals surface area (Å²) >= 11 is 0. The van der Waals surface area contributed by atoms with E-state index in [0.29, 0.717) is 19.3 Å². The Morgan fingerprint density at radius 2 is 0.537 bits per heavy atom. The molecule has 0 saturated carbocycles. The molecule has 0 aromatic carbocycles. The first-order valence-corrected chi connectivity index (χ1v) is 29.5. The van der Waals surface area contributed by atoms with E-state index in [2.05, 4.69) is 57.2 Å². The number of rotatable bonds is 54. The highest BCUT2D eigenvalue weighted by Crippen LogP contribution is 2.16. The van der Waals surface area contributed by atoms with Gasteiger partial charge in [0.25, 0.3) is 0 Å². The largest absolute Gasteiger partial charge is 0.462 e. The minimum atomic E-state index is -0.773. The second-order valence-electron chi connectivity index (χ2n) is 19.9. The van der Waals surface area contributed by atoms with Crippen molar-refractivity contribution in [3.63, 3.8) is 0 Å². The predicted octanol–water partition coefficient (Wildman–Crippen LogP) is 19.7. The summed E-state index contributed by atoms with van der Waals surface area (Å²) in [5, 5.41) is 0. The lowest BCUT2D eigenvalue weighted by molar-refractivity contribution is -0.167. The Kier molecular flexibility index (Phi) is 54.2. The molecule has 0 aliphatic carbocycles. The van der Waals surface area contributed by atoms with Gasteiger partial charge in [-0.3, -0.25) is 14.4 Å². The molecule has 0 bridgehead atoms. The third-order valence-corrected chi connectivity index (χ3v) is 13.1. The lowest BCUT2D eigenvalue weighted by Crippen LogP contribution is -2.30. The van der Waals surface area contributed by atoms with E-state index in [4.69, 9.17) is 14.2 Å². The average Bonchev–Trinajstić information content (AvgIpc) is 3.33. The van der Waals surface area contributed by atoms with Gasteiger partial charge in [0.2, 0.25) is 0 Å². The number of allylic oxidation sites excluding steroid dienone is 6. The topological polar surface area (TPSA) is 78.9 Å². The highest BCUT2D eigenvalue weighted by Gasteiger charge is 2.19. The van der Waals surface area contributed by atoms with Crippen LogP contribution in [0.2, 0.25) is 0 Å². The van der Waals surface area contributed by atoms with Gasteiger partial charge in [0.1, 0.15) is 13.2 Å². The number of carbonyl (C=O) groups excluding carboxylic acids is 3. The van der Waals surface area contributed by atoms with Crippen LogP contribution in [0, 0.1) is 0 Å². The maximum absolute atomic E-state index is 12.8. The SMILES string of the molecule is CCCCCCC/C=C\C/C=C\CCCCCCCCCCCC(=O)OCC(COC(=O)CCCCCCCCCCCC)OC(=O)CCCCCCCCC/C=C\CCCCCCCCC. The molecule has 0 fully saturated rings. The molecule has 0 aromatic rings. The molecule has 392 valence electrons. The van der Waals surface area contributed by atoms with Gasteiger partial charge in [-0.2, -0.15) is 0 Å². The Hall–Kier alpha value is -2.37. The van der Waals surface area contributed by atoms with Crippen LogP contribution in [0.3, 0.4) is 0 Å². The summed E-state index contributed by atoms with van der Waals surface area (Å²) in [4.78, 5) is 38.1. The van der Waals surface area contributed by atoms with E-state index in [1.165, 1.54) is 212 Å². The smallest absolute Gasteiger partial charge is 0.306 e. The van der Waals surface area contributed by atoms with Gasteiger partial charge in [-0.15, -0.1) is 0 Å². The van der Waals surface area contributed by atoms with Crippen LogP contribution in [-0.2, 0) is 28.6 Å². The van der Waals surface area contributed by atoms with Crippen molar-refractivity contribution in [2.24, 2.45) is 0 Å². The first kappa shape index (κ1) is 64.6. The summed E-state index contributed by atoms with van der Waals surface area (Å²) in [5.41, 5.74) is 0. The Labute approximate surface area is 416 Å². The Balaban J connectivity index is 4.27. The van der Waals surface area contributed by atoms with Gasteiger partial charge in [-0.05, 0) is 77.0 Å². The molecule has 1 atom stereocenters. The van der Waals surface area contributed by atoms with Gasteiger partial charge in [0, 0.05) is 19.3 Å². The van der Waals surface area contributed by atoms with Crippen molar-refractivity contribution >= 4 is 17.9 Å². The van der Waals surface area contributed by atoms with Crippen molar-refractivity contribution < 1.29 is 28.6 Å². The summed E-state index contributed by atoms with van der Waals surface area (Å²) < 4.78 is 16.9. The molecule has 0 heterocycles. The quantitative estimate of drug-likeness (QED) is 0.0262. The lowest BCUT2D eigenvalue weighted by Gasteiger charge is -2.18. The van der Waals surface area contributed by atoms with Crippen molar-refractivity contribution in [1.82, 2.24) is 0 Å². The fourth-order valence-corrected chi connectivity index (χ4v) is 8.65. The second-order valence-corrected chi connectivity index (χ2v) is 19.9. The van der Waals surface area contributed by atoms with E-state index in [9.17, 15) is 14.4 Å². The summed E-state index contributed by atoms with van der Waals surface area (Å²) in [7, 11) is 0. The molecule has 6 heteroatoms. The molecule has 0 N–H and O–H groups in total. The fourth-order valence-electron chi connectivity index (χ4n) is 8.65. The van der Waals surface area contributed by atoms with Crippen molar-refractivity contribution in [2.45, 2.75) is 322 Å². The predicted molar refractivity (Wildman–Crippen MR) is 289 cm³/mol. The number of unbranched alkanes of at least 4 members (excludes halogenated alkanes) is 37. The van der Waals surface area contributed by atoms with Crippen molar-refractivity contribution in [2.75, 3.05) is 13.2 Å². The molecule has 6 nitrogen and oxygen atoms in total. The molecule has 0 saturated heterocycles. The molecule has 0 radical (unpaired) electrons. The van der Waals surface area contributed by atoms with Gasteiger partial charge in [-0.1, -0.05) is 256 Å². The molecule has 0 aliphatic heterocycles.